The Bertz CT molecular complexity index is 760. The highest BCUT2D eigenvalue weighted by Gasteiger charge is 2.23. The maximum atomic E-state index is 4.60. The molecule has 1 unspecified atom stereocenters. The molecule has 0 amide bonds. The van der Waals surface area contributed by atoms with Gasteiger partial charge >= 0.3 is 0 Å². The van der Waals surface area contributed by atoms with Gasteiger partial charge in [0.1, 0.15) is 18.5 Å². The van der Waals surface area contributed by atoms with Gasteiger partial charge in [0.2, 0.25) is 0 Å². The summed E-state index contributed by atoms with van der Waals surface area (Å²) in [6.45, 7) is 6.60. The summed E-state index contributed by atoms with van der Waals surface area (Å²) in [6.07, 6.45) is 7.33. The summed E-state index contributed by atoms with van der Waals surface area (Å²) in [6, 6.07) is 0. The number of aryl methyl sites for hydroxylation is 1. The highest BCUT2D eigenvalue weighted by molar-refractivity contribution is 7.09. The first-order chi connectivity index (χ1) is 11.3. The van der Waals surface area contributed by atoms with Crippen molar-refractivity contribution in [1.82, 2.24) is 34.2 Å². The first kappa shape index (κ1) is 14.5. The van der Waals surface area contributed by atoms with Gasteiger partial charge in [0, 0.05) is 49.9 Å². The Morgan fingerprint density at radius 2 is 2.30 bits per heavy atom. The summed E-state index contributed by atoms with van der Waals surface area (Å²) in [5.74, 6) is 1.59. The van der Waals surface area contributed by atoms with E-state index in [-0.39, 0.29) is 0 Å². The molecule has 0 saturated carbocycles. The molecule has 23 heavy (non-hydrogen) atoms. The van der Waals surface area contributed by atoms with E-state index in [9.17, 15) is 0 Å². The maximum absolute atomic E-state index is 4.60. The predicted octanol–water partition coefficient (Wildman–Crippen LogP) is 1.57. The van der Waals surface area contributed by atoms with Crippen LogP contribution < -0.4 is 0 Å². The van der Waals surface area contributed by atoms with Crippen LogP contribution in [0.25, 0.3) is 0 Å². The second-order valence-electron chi connectivity index (χ2n) is 6.01. The van der Waals surface area contributed by atoms with Crippen LogP contribution in [0.5, 0.6) is 0 Å². The normalized spacial score (nSPS) is 18.7. The molecule has 0 spiro atoms. The molecule has 0 aromatic carbocycles. The third kappa shape index (κ3) is 3.32. The average Bonchev–Trinajstić information content (AvgIpc) is 3.23. The van der Waals surface area contributed by atoms with E-state index in [1.807, 2.05) is 10.9 Å². The van der Waals surface area contributed by atoms with Crippen LogP contribution in [0.2, 0.25) is 0 Å². The summed E-state index contributed by atoms with van der Waals surface area (Å²) in [4.78, 5) is 15.6. The summed E-state index contributed by atoms with van der Waals surface area (Å²) in [5, 5.41) is 7.52. The van der Waals surface area contributed by atoms with E-state index in [1.165, 1.54) is 0 Å². The fraction of sp³-hybridized carbons (Fsp3) is 0.467. The minimum absolute atomic E-state index is 0.465. The first-order valence-corrected chi connectivity index (χ1v) is 8.60. The quantitative estimate of drug-likeness (QED) is 0.727. The molecular formula is C15H19N7S. The van der Waals surface area contributed by atoms with Crippen molar-refractivity contribution in [2.24, 2.45) is 5.92 Å². The fourth-order valence-corrected chi connectivity index (χ4v) is 3.76. The fourth-order valence-electron chi connectivity index (χ4n) is 3.16. The number of nitrogens with zero attached hydrogens (tertiary/aromatic N) is 7. The molecular weight excluding hydrogens is 310 g/mol. The van der Waals surface area contributed by atoms with Crippen LogP contribution in [0, 0.1) is 12.8 Å². The molecule has 1 aliphatic heterocycles. The first-order valence-electron chi connectivity index (χ1n) is 7.72. The Labute approximate surface area is 138 Å². The van der Waals surface area contributed by atoms with Crippen molar-refractivity contribution >= 4 is 11.3 Å². The molecule has 3 aromatic heterocycles. The van der Waals surface area contributed by atoms with Crippen LogP contribution >= 0.6 is 11.3 Å². The summed E-state index contributed by atoms with van der Waals surface area (Å²) in [5.41, 5.74) is 1.15. The van der Waals surface area contributed by atoms with Crippen LogP contribution in [0.15, 0.2) is 30.4 Å². The van der Waals surface area contributed by atoms with E-state index in [1.54, 1.807) is 24.0 Å². The van der Waals surface area contributed by atoms with Crippen LogP contribution in [-0.4, -0.2) is 40.7 Å². The van der Waals surface area contributed by atoms with Gasteiger partial charge < -0.3 is 4.57 Å². The van der Waals surface area contributed by atoms with Crippen LogP contribution in [0.3, 0.4) is 0 Å². The van der Waals surface area contributed by atoms with E-state index in [0.29, 0.717) is 5.92 Å². The van der Waals surface area contributed by atoms with Gasteiger partial charge in [0.15, 0.2) is 0 Å². The van der Waals surface area contributed by atoms with Crippen LogP contribution in [0.4, 0.5) is 0 Å². The van der Waals surface area contributed by atoms with Crippen molar-refractivity contribution in [2.45, 2.75) is 33.1 Å². The molecule has 0 radical (unpaired) electrons. The third-order valence-corrected chi connectivity index (χ3v) is 4.92. The zero-order valence-corrected chi connectivity index (χ0v) is 13.9. The smallest absolute Gasteiger partial charge is 0.137 e. The summed E-state index contributed by atoms with van der Waals surface area (Å²) in [7, 11) is 0. The number of hydrogen-bond donors (Lipinski definition) is 0. The highest BCUT2D eigenvalue weighted by atomic mass is 32.1. The van der Waals surface area contributed by atoms with Gasteiger partial charge in [-0.05, 0) is 6.92 Å². The number of fused-ring (bicyclic) bond motifs is 1. The Hall–Kier alpha value is -2.06. The molecule has 8 heteroatoms. The standard InChI is InChI=1S/C15H19N7S/c1-12-19-14(9-23-12)7-20-4-13(6-22-11-16-10-18-22)5-21-3-2-17-15(21)8-20/h2-3,9-11,13H,4-8H2,1H3. The van der Waals surface area contributed by atoms with Crippen molar-refractivity contribution < 1.29 is 0 Å². The van der Waals surface area contributed by atoms with Crippen molar-refractivity contribution in [3.8, 4) is 0 Å². The minimum Gasteiger partial charge on any atom is -0.333 e. The second-order valence-corrected chi connectivity index (χ2v) is 7.07. The lowest BCUT2D eigenvalue weighted by Gasteiger charge is -2.22. The molecule has 0 N–H and O–H groups in total. The molecule has 0 saturated heterocycles. The van der Waals surface area contributed by atoms with Gasteiger partial charge in [0.25, 0.3) is 0 Å². The monoisotopic (exact) mass is 329 g/mol. The number of rotatable bonds is 4. The van der Waals surface area contributed by atoms with E-state index in [4.69, 9.17) is 0 Å². The zero-order valence-electron chi connectivity index (χ0n) is 13.0. The Balaban J connectivity index is 1.54. The van der Waals surface area contributed by atoms with E-state index >= 15 is 0 Å². The van der Waals surface area contributed by atoms with Gasteiger partial charge in [-0.3, -0.25) is 9.58 Å². The third-order valence-electron chi connectivity index (χ3n) is 4.10. The second kappa shape index (κ2) is 6.21. The van der Waals surface area contributed by atoms with Crippen molar-refractivity contribution in [1.29, 1.82) is 0 Å². The average molecular weight is 329 g/mol. The van der Waals surface area contributed by atoms with Crippen LogP contribution in [0.1, 0.15) is 16.5 Å². The molecule has 1 atom stereocenters. The molecule has 0 bridgehead atoms. The molecule has 0 aliphatic carbocycles. The summed E-state index contributed by atoms with van der Waals surface area (Å²) >= 11 is 1.71. The van der Waals surface area contributed by atoms with E-state index in [0.717, 1.165) is 49.2 Å². The highest BCUT2D eigenvalue weighted by Crippen LogP contribution is 2.19. The molecule has 7 nitrogen and oxygen atoms in total. The lowest BCUT2D eigenvalue weighted by atomic mass is 10.1. The van der Waals surface area contributed by atoms with Crippen LogP contribution in [-0.2, 0) is 26.2 Å². The minimum atomic E-state index is 0.465. The van der Waals surface area contributed by atoms with Crippen molar-refractivity contribution in [3.63, 3.8) is 0 Å². The Morgan fingerprint density at radius 1 is 1.35 bits per heavy atom. The van der Waals surface area contributed by atoms with E-state index in [2.05, 4.69) is 48.0 Å². The largest absolute Gasteiger partial charge is 0.333 e. The SMILES string of the molecule is Cc1nc(CN2Cc3nccn3CC(Cn3cncn3)C2)cs1. The Kier molecular flexibility index (Phi) is 3.92. The molecule has 3 aromatic rings. The van der Waals surface area contributed by atoms with Crippen molar-refractivity contribution in [2.75, 3.05) is 6.54 Å². The van der Waals surface area contributed by atoms with Crippen molar-refractivity contribution in [3.05, 3.63) is 47.0 Å². The number of imidazole rings is 1. The number of thiazole rings is 1. The molecule has 4 heterocycles. The number of aromatic nitrogens is 6. The Morgan fingerprint density at radius 3 is 3.09 bits per heavy atom. The van der Waals surface area contributed by atoms with Gasteiger partial charge in [-0.25, -0.2) is 15.0 Å². The molecule has 0 fully saturated rings. The van der Waals surface area contributed by atoms with Gasteiger partial charge in [-0.15, -0.1) is 11.3 Å². The summed E-state index contributed by atoms with van der Waals surface area (Å²) < 4.78 is 4.17. The topological polar surface area (TPSA) is 64.7 Å². The zero-order chi connectivity index (χ0) is 15.6. The lowest BCUT2D eigenvalue weighted by molar-refractivity contribution is 0.203. The van der Waals surface area contributed by atoms with Gasteiger partial charge in [0.05, 0.1) is 17.2 Å². The maximum Gasteiger partial charge on any atom is 0.137 e. The molecule has 120 valence electrons. The van der Waals surface area contributed by atoms with Gasteiger partial charge in [-0.2, -0.15) is 5.10 Å². The van der Waals surface area contributed by atoms with Gasteiger partial charge in [-0.1, -0.05) is 0 Å². The molecule has 1 aliphatic rings. The number of hydrogen-bond acceptors (Lipinski definition) is 6. The van der Waals surface area contributed by atoms with E-state index < -0.39 is 0 Å². The molecule has 4 rings (SSSR count). The predicted molar refractivity (Wildman–Crippen MR) is 86.7 cm³/mol. The lowest BCUT2D eigenvalue weighted by Crippen LogP contribution is -2.30.